The standard InChI is InChI=1S/C14H19NO4/c1-3-19-9-5-8-13(16)15-12-7-4-6-11(10(12)2)14(17)18/h4,6-7H,3,5,8-9H2,1-2H3,(H,15,16)(H,17,18). The molecule has 0 radical (unpaired) electrons. The van der Waals surface area contributed by atoms with Gasteiger partial charge in [0.1, 0.15) is 0 Å². The summed E-state index contributed by atoms with van der Waals surface area (Å²) in [5.41, 5.74) is 1.31. The highest BCUT2D eigenvalue weighted by Crippen LogP contribution is 2.19. The van der Waals surface area contributed by atoms with Crippen molar-refractivity contribution in [2.75, 3.05) is 18.5 Å². The van der Waals surface area contributed by atoms with Crippen LogP contribution in [-0.2, 0) is 9.53 Å². The third-order valence-corrected chi connectivity index (χ3v) is 2.73. The van der Waals surface area contributed by atoms with Gasteiger partial charge in [0, 0.05) is 25.3 Å². The Hall–Kier alpha value is -1.88. The molecule has 0 fully saturated rings. The average molecular weight is 265 g/mol. The zero-order valence-electron chi connectivity index (χ0n) is 11.2. The van der Waals surface area contributed by atoms with E-state index in [1.165, 1.54) is 6.07 Å². The maximum absolute atomic E-state index is 11.7. The van der Waals surface area contributed by atoms with E-state index in [-0.39, 0.29) is 11.5 Å². The molecule has 0 saturated carbocycles. The Morgan fingerprint density at radius 3 is 2.74 bits per heavy atom. The Kier molecular flexibility index (Phi) is 6.02. The van der Waals surface area contributed by atoms with Gasteiger partial charge in [0.2, 0.25) is 5.91 Å². The molecular formula is C14H19NO4. The molecule has 104 valence electrons. The number of hydrogen-bond acceptors (Lipinski definition) is 3. The maximum Gasteiger partial charge on any atom is 0.336 e. The molecule has 0 bridgehead atoms. The van der Waals surface area contributed by atoms with E-state index in [1.54, 1.807) is 19.1 Å². The van der Waals surface area contributed by atoms with Crippen molar-refractivity contribution in [1.82, 2.24) is 0 Å². The van der Waals surface area contributed by atoms with Crippen LogP contribution in [0.25, 0.3) is 0 Å². The third kappa shape index (κ3) is 4.71. The molecule has 5 heteroatoms. The molecule has 1 amide bonds. The van der Waals surface area contributed by atoms with Gasteiger partial charge in [-0.3, -0.25) is 4.79 Å². The summed E-state index contributed by atoms with van der Waals surface area (Å²) in [6.45, 7) is 4.78. The number of amides is 1. The molecule has 1 rings (SSSR count). The van der Waals surface area contributed by atoms with Crippen LogP contribution in [0.1, 0.15) is 35.7 Å². The second-order valence-corrected chi connectivity index (χ2v) is 4.13. The lowest BCUT2D eigenvalue weighted by atomic mass is 10.1. The van der Waals surface area contributed by atoms with Crippen molar-refractivity contribution in [1.29, 1.82) is 0 Å². The number of anilines is 1. The van der Waals surface area contributed by atoms with Crippen molar-refractivity contribution in [3.8, 4) is 0 Å². The normalized spacial score (nSPS) is 10.2. The molecule has 1 aromatic carbocycles. The van der Waals surface area contributed by atoms with E-state index in [2.05, 4.69) is 5.32 Å². The smallest absolute Gasteiger partial charge is 0.336 e. The van der Waals surface area contributed by atoms with Gasteiger partial charge in [-0.1, -0.05) is 6.07 Å². The summed E-state index contributed by atoms with van der Waals surface area (Å²) < 4.78 is 5.15. The van der Waals surface area contributed by atoms with Gasteiger partial charge < -0.3 is 15.2 Å². The quantitative estimate of drug-likeness (QED) is 0.742. The predicted molar refractivity (Wildman–Crippen MR) is 72.5 cm³/mol. The molecule has 5 nitrogen and oxygen atoms in total. The minimum absolute atomic E-state index is 0.134. The molecule has 2 N–H and O–H groups in total. The first-order chi connectivity index (χ1) is 9.06. The summed E-state index contributed by atoms with van der Waals surface area (Å²) >= 11 is 0. The minimum Gasteiger partial charge on any atom is -0.478 e. The highest BCUT2D eigenvalue weighted by molar-refractivity contribution is 5.95. The van der Waals surface area contributed by atoms with Crippen molar-refractivity contribution < 1.29 is 19.4 Å². The van der Waals surface area contributed by atoms with E-state index in [0.717, 1.165) is 0 Å². The molecule has 0 unspecified atom stereocenters. The van der Waals surface area contributed by atoms with Gasteiger partial charge in [-0.2, -0.15) is 0 Å². The predicted octanol–water partition coefficient (Wildman–Crippen LogP) is 2.45. The minimum atomic E-state index is -0.995. The van der Waals surface area contributed by atoms with Gasteiger partial charge in [-0.25, -0.2) is 4.79 Å². The lowest BCUT2D eigenvalue weighted by Crippen LogP contribution is -2.14. The van der Waals surface area contributed by atoms with Crippen molar-refractivity contribution in [2.45, 2.75) is 26.7 Å². The second kappa shape index (κ2) is 7.53. The van der Waals surface area contributed by atoms with E-state index in [0.29, 0.717) is 37.3 Å². The molecule has 19 heavy (non-hydrogen) atoms. The van der Waals surface area contributed by atoms with E-state index >= 15 is 0 Å². The highest BCUT2D eigenvalue weighted by Gasteiger charge is 2.11. The van der Waals surface area contributed by atoms with Gasteiger partial charge in [0.05, 0.1) is 5.56 Å². The van der Waals surface area contributed by atoms with E-state index in [9.17, 15) is 9.59 Å². The number of hydrogen-bond donors (Lipinski definition) is 2. The molecular weight excluding hydrogens is 246 g/mol. The van der Waals surface area contributed by atoms with Crippen LogP contribution < -0.4 is 5.32 Å². The van der Waals surface area contributed by atoms with Crippen LogP contribution in [0, 0.1) is 6.92 Å². The third-order valence-electron chi connectivity index (χ3n) is 2.73. The molecule has 1 aromatic rings. The Morgan fingerprint density at radius 1 is 1.37 bits per heavy atom. The van der Waals surface area contributed by atoms with Gasteiger partial charge in [-0.05, 0) is 38.0 Å². The highest BCUT2D eigenvalue weighted by atomic mass is 16.5. The van der Waals surface area contributed by atoms with Crippen molar-refractivity contribution in [3.05, 3.63) is 29.3 Å². The molecule has 0 spiro atoms. The Morgan fingerprint density at radius 2 is 2.11 bits per heavy atom. The summed E-state index contributed by atoms with van der Waals surface area (Å²) in [5.74, 6) is -1.13. The first-order valence-electron chi connectivity index (χ1n) is 6.26. The van der Waals surface area contributed by atoms with Crippen LogP contribution in [-0.4, -0.2) is 30.2 Å². The fourth-order valence-electron chi connectivity index (χ4n) is 1.69. The fourth-order valence-corrected chi connectivity index (χ4v) is 1.69. The summed E-state index contributed by atoms with van der Waals surface area (Å²) in [5, 5.41) is 11.7. The number of carboxylic acid groups (broad SMARTS) is 1. The SMILES string of the molecule is CCOCCCC(=O)Nc1cccc(C(=O)O)c1C. The number of carbonyl (C=O) groups excluding carboxylic acids is 1. The van der Waals surface area contributed by atoms with E-state index in [4.69, 9.17) is 9.84 Å². The molecule has 0 aliphatic carbocycles. The number of ether oxygens (including phenoxy) is 1. The van der Waals surface area contributed by atoms with Crippen LogP contribution in [0.4, 0.5) is 5.69 Å². The summed E-state index contributed by atoms with van der Waals surface area (Å²) in [6, 6.07) is 4.83. The number of carboxylic acids is 1. The molecule has 0 aromatic heterocycles. The van der Waals surface area contributed by atoms with Crippen LogP contribution >= 0.6 is 0 Å². The van der Waals surface area contributed by atoms with E-state index < -0.39 is 5.97 Å². The van der Waals surface area contributed by atoms with Gasteiger partial charge in [0.15, 0.2) is 0 Å². The Labute approximate surface area is 112 Å². The Balaban J connectivity index is 2.59. The van der Waals surface area contributed by atoms with E-state index in [1.807, 2.05) is 6.92 Å². The van der Waals surface area contributed by atoms with Gasteiger partial charge in [-0.15, -0.1) is 0 Å². The second-order valence-electron chi connectivity index (χ2n) is 4.13. The zero-order chi connectivity index (χ0) is 14.3. The molecule has 0 aliphatic rings. The summed E-state index contributed by atoms with van der Waals surface area (Å²) in [7, 11) is 0. The lowest BCUT2D eigenvalue weighted by Gasteiger charge is -2.10. The first kappa shape index (κ1) is 15.2. The van der Waals surface area contributed by atoms with Crippen LogP contribution in [0.3, 0.4) is 0 Å². The van der Waals surface area contributed by atoms with Crippen molar-refractivity contribution in [3.63, 3.8) is 0 Å². The summed E-state index contributed by atoms with van der Waals surface area (Å²) in [6.07, 6.45) is 1.01. The zero-order valence-corrected chi connectivity index (χ0v) is 11.2. The van der Waals surface area contributed by atoms with Crippen molar-refractivity contribution in [2.24, 2.45) is 0 Å². The number of rotatable bonds is 7. The number of aromatic carboxylic acids is 1. The van der Waals surface area contributed by atoms with Gasteiger partial charge >= 0.3 is 5.97 Å². The van der Waals surface area contributed by atoms with Crippen molar-refractivity contribution >= 4 is 17.6 Å². The topological polar surface area (TPSA) is 75.6 Å². The summed E-state index contributed by atoms with van der Waals surface area (Å²) in [4.78, 5) is 22.7. The first-order valence-corrected chi connectivity index (χ1v) is 6.26. The number of nitrogens with one attached hydrogen (secondary N) is 1. The number of benzene rings is 1. The lowest BCUT2D eigenvalue weighted by molar-refractivity contribution is -0.116. The molecule has 0 saturated heterocycles. The largest absolute Gasteiger partial charge is 0.478 e. The average Bonchev–Trinajstić information content (AvgIpc) is 2.37. The van der Waals surface area contributed by atoms with Crippen LogP contribution in [0.5, 0.6) is 0 Å². The maximum atomic E-state index is 11.7. The number of carbonyl (C=O) groups is 2. The van der Waals surface area contributed by atoms with Crippen LogP contribution in [0.2, 0.25) is 0 Å². The van der Waals surface area contributed by atoms with Gasteiger partial charge in [0.25, 0.3) is 0 Å². The van der Waals surface area contributed by atoms with Crippen LogP contribution in [0.15, 0.2) is 18.2 Å². The molecule has 0 atom stereocenters. The fraction of sp³-hybridized carbons (Fsp3) is 0.429. The Bertz CT molecular complexity index is 457. The molecule has 0 heterocycles. The monoisotopic (exact) mass is 265 g/mol. The molecule has 0 aliphatic heterocycles.